The van der Waals surface area contributed by atoms with Gasteiger partial charge in [-0.25, -0.2) is 4.79 Å². The number of hydrogen-bond donors (Lipinski definition) is 3. The lowest BCUT2D eigenvalue weighted by molar-refractivity contribution is -0.137. The van der Waals surface area contributed by atoms with Gasteiger partial charge in [-0.1, -0.05) is 13.8 Å². The predicted molar refractivity (Wildman–Crippen MR) is 57.8 cm³/mol. The molecule has 2 amide bonds. The van der Waals surface area contributed by atoms with Crippen molar-refractivity contribution in [1.82, 2.24) is 10.6 Å². The summed E-state index contributed by atoms with van der Waals surface area (Å²) < 4.78 is 0. The van der Waals surface area contributed by atoms with Crippen LogP contribution in [-0.4, -0.2) is 29.2 Å². The molecule has 0 spiro atoms. The molecule has 0 bridgehead atoms. The molecule has 5 heteroatoms. The van der Waals surface area contributed by atoms with E-state index in [1.807, 2.05) is 13.8 Å². The van der Waals surface area contributed by atoms with Gasteiger partial charge in [0.15, 0.2) is 0 Å². The summed E-state index contributed by atoms with van der Waals surface area (Å²) in [5.41, 5.74) is 0. The molecule has 3 N–H and O–H groups in total. The summed E-state index contributed by atoms with van der Waals surface area (Å²) >= 11 is 0. The van der Waals surface area contributed by atoms with E-state index in [0.717, 1.165) is 12.8 Å². The van der Waals surface area contributed by atoms with E-state index in [1.54, 1.807) is 6.92 Å². The summed E-state index contributed by atoms with van der Waals surface area (Å²) in [6, 6.07) is -0.489. The zero-order valence-corrected chi connectivity index (χ0v) is 9.54. The number of rotatable bonds is 6. The van der Waals surface area contributed by atoms with Crippen molar-refractivity contribution in [3.05, 3.63) is 0 Å². The first-order valence-corrected chi connectivity index (χ1v) is 5.28. The topological polar surface area (TPSA) is 78.4 Å². The molecule has 1 atom stereocenters. The molecule has 5 nitrogen and oxygen atoms in total. The van der Waals surface area contributed by atoms with Crippen LogP contribution in [0.1, 0.15) is 40.0 Å². The van der Waals surface area contributed by atoms with Gasteiger partial charge in [0.25, 0.3) is 0 Å². The van der Waals surface area contributed by atoms with Crippen LogP contribution in [0.4, 0.5) is 4.79 Å². The van der Waals surface area contributed by atoms with Crippen LogP contribution in [0.25, 0.3) is 0 Å². The normalized spacial score (nSPS) is 12.3. The van der Waals surface area contributed by atoms with Gasteiger partial charge in [0, 0.05) is 12.1 Å². The lowest BCUT2D eigenvalue weighted by atomic mass is 10.2. The second-order valence-electron chi connectivity index (χ2n) is 3.63. The number of amides is 2. The Labute approximate surface area is 90.2 Å². The summed E-state index contributed by atoms with van der Waals surface area (Å²) in [6.45, 7) is 5.66. The average Bonchev–Trinajstić information content (AvgIpc) is 2.12. The molecular formula is C10H20N2O3. The van der Waals surface area contributed by atoms with Gasteiger partial charge in [-0.2, -0.15) is 0 Å². The molecule has 0 aromatic heterocycles. The molecule has 15 heavy (non-hydrogen) atoms. The van der Waals surface area contributed by atoms with Crippen LogP contribution in [0.15, 0.2) is 0 Å². The van der Waals surface area contributed by atoms with Crippen molar-refractivity contribution in [3.8, 4) is 0 Å². The smallest absolute Gasteiger partial charge is 0.315 e. The van der Waals surface area contributed by atoms with Crippen molar-refractivity contribution in [2.45, 2.75) is 52.1 Å². The minimum absolute atomic E-state index is 0.0592. The Morgan fingerprint density at radius 1 is 1.20 bits per heavy atom. The SMILES string of the molecule is CCC(CC)NC(=O)NC(C)CC(=O)O. The molecule has 0 rings (SSSR count). The van der Waals surface area contributed by atoms with E-state index in [9.17, 15) is 9.59 Å². The molecule has 0 saturated carbocycles. The number of nitrogens with one attached hydrogen (secondary N) is 2. The van der Waals surface area contributed by atoms with E-state index in [2.05, 4.69) is 10.6 Å². The predicted octanol–water partition coefficient (Wildman–Crippen LogP) is 1.34. The Morgan fingerprint density at radius 2 is 1.73 bits per heavy atom. The number of carbonyl (C=O) groups excluding carboxylic acids is 1. The van der Waals surface area contributed by atoms with Gasteiger partial charge in [-0.15, -0.1) is 0 Å². The van der Waals surface area contributed by atoms with E-state index in [-0.39, 0.29) is 24.5 Å². The lowest BCUT2D eigenvalue weighted by Crippen LogP contribution is -2.45. The summed E-state index contributed by atoms with van der Waals surface area (Å²) in [5.74, 6) is -0.912. The first-order valence-electron chi connectivity index (χ1n) is 5.28. The molecule has 0 radical (unpaired) electrons. The van der Waals surface area contributed by atoms with Crippen LogP contribution in [0.3, 0.4) is 0 Å². The summed E-state index contributed by atoms with van der Waals surface area (Å²) in [6.07, 6.45) is 1.69. The highest BCUT2D eigenvalue weighted by atomic mass is 16.4. The Hall–Kier alpha value is -1.26. The second-order valence-corrected chi connectivity index (χ2v) is 3.63. The zero-order chi connectivity index (χ0) is 11.8. The van der Waals surface area contributed by atoms with Crippen LogP contribution < -0.4 is 10.6 Å². The maximum atomic E-state index is 11.3. The van der Waals surface area contributed by atoms with Crippen LogP contribution in [0, 0.1) is 0 Å². The first kappa shape index (κ1) is 13.7. The minimum Gasteiger partial charge on any atom is -0.481 e. The molecule has 0 heterocycles. The number of carboxylic acids is 1. The Kier molecular flexibility index (Phi) is 6.49. The second kappa shape index (κ2) is 7.09. The fraction of sp³-hybridized carbons (Fsp3) is 0.800. The number of carboxylic acid groups (broad SMARTS) is 1. The maximum absolute atomic E-state index is 11.3. The summed E-state index contributed by atoms with van der Waals surface area (Å²) in [7, 11) is 0. The molecule has 0 aliphatic heterocycles. The van der Waals surface area contributed by atoms with E-state index in [1.165, 1.54) is 0 Å². The first-order chi connectivity index (χ1) is 6.99. The monoisotopic (exact) mass is 216 g/mol. The Bertz CT molecular complexity index is 215. The van der Waals surface area contributed by atoms with Gasteiger partial charge in [-0.3, -0.25) is 4.79 Å². The quantitative estimate of drug-likeness (QED) is 0.627. The molecule has 1 unspecified atom stereocenters. The van der Waals surface area contributed by atoms with Crippen molar-refractivity contribution in [1.29, 1.82) is 0 Å². The van der Waals surface area contributed by atoms with E-state index in [4.69, 9.17) is 5.11 Å². The molecule has 0 aromatic carbocycles. The van der Waals surface area contributed by atoms with Crippen molar-refractivity contribution in [2.75, 3.05) is 0 Å². The highest BCUT2D eigenvalue weighted by molar-refractivity contribution is 5.75. The number of carbonyl (C=O) groups is 2. The lowest BCUT2D eigenvalue weighted by Gasteiger charge is -2.17. The van der Waals surface area contributed by atoms with Crippen LogP contribution >= 0.6 is 0 Å². The van der Waals surface area contributed by atoms with Gasteiger partial charge < -0.3 is 15.7 Å². The molecule has 0 aromatic rings. The van der Waals surface area contributed by atoms with Gasteiger partial charge in [0.2, 0.25) is 0 Å². The molecule has 0 aliphatic carbocycles. The third-order valence-corrected chi connectivity index (χ3v) is 2.18. The standard InChI is InChI=1S/C10H20N2O3/c1-4-8(5-2)12-10(15)11-7(3)6-9(13)14/h7-8H,4-6H2,1-3H3,(H,13,14)(H2,11,12,15). The van der Waals surface area contributed by atoms with Gasteiger partial charge >= 0.3 is 12.0 Å². The van der Waals surface area contributed by atoms with Crippen molar-refractivity contribution >= 4 is 12.0 Å². The Morgan fingerprint density at radius 3 is 2.13 bits per heavy atom. The van der Waals surface area contributed by atoms with Crippen LogP contribution in [0.2, 0.25) is 0 Å². The molecule has 0 aliphatic rings. The number of aliphatic carboxylic acids is 1. The van der Waals surface area contributed by atoms with Crippen LogP contribution in [0.5, 0.6) is 0 Å². The van der Waals surface area contributed by atoms with Crippen molar-refractivity contribution < 1.29 is 14.7 Å². The Balaban J connectivity index is 3.86. The van der Waals surface area contributed by atoms with Crippen molar-refractivity contribution in [2.24, 2.45) is 0 Å². The zero-order valence-electron chi connectivity index (χ0n) is 9.54. The average molecular weight is 216 g/mol. The van der Waals surface area contributed by atoms with Gasteiger partial charge in [0.05, 0.1) is 6.42 Å². The van der Waals surface area contributed by atoms with Crippen molar-refractivity contribution in [3.63, 3.8) is 0 Å². The number of urea groups is 1. The minimum atomic E-state index is -0.912. The van der Waals surface area contributed by atoms with E-state index < -0.39 is 5.97 Å². The molecular weight excluding hydrogens is 196 g/mol. The highest BCUT2D eigenvalue weighted by Gasteiger charge is 2.12. The fourth-order valence-corrected chi connectivity index (χ4v) is 1.26. The fourth-order valence-electron chi connectivity index (χ4n) is 1.26. The molecule has 0 saturated heterocycles. The third-order valence-electron chi connectivity index (χ3n) is 2.18. The largest absolute Gasteiger partial charge is 0.481 e. The molecule has 0 fully saturated rings. The third kappa shape index (κ3) is 6.76. The van der Waals surface area contributed by atoms with Gasteiger partial charge in [-0.05, 0) is 19.8 Å². The highest BCUT2D eigenvalue weighted by Crippen LogP contribution is 1.96. The van der Waals surface area contributed by atoms with Gasteiger partial charge in [0.1, 0.15) is 0 Å². The number of hydrogen-bond acceptors (Lipinski definition) is 2. The van der Waals surface area contributed by atoms with Crippen LogP contribution in [-0.2, 0) is 4.79 Å². The summed E-state index contributed by atoms with van der Waals surface area (Å²) in [4.78, 5) is 21.7. The maximum Gasteiger partial charge on any atom is 0.315 e. The molecule has 88 valence electrons. The van der Waals surface area contributed by atoms with E-state index >= 15 is 0 Å². The van der Waals surface area contributed by atoms with E-state index in [0.29, 0.717) is 0 Å². The summed E-state index contributed by atoms with van der Waals surface area (Å²) in [5, 5.41) is 13.9.